The van der Waals surface area contributed by atoms with Crippen LogP contribution < -0.4 is 5.32 Å². The van der Waals surface area contributed by atoms with Gasteiger partial charge in [0, 0.05) is 24.1 Å². The van der Waals surface area contributed by atoms with Crippen molar-refractivity contribution in [3.63, 3.8) is 0 Å². The van der Waals surface area contributed by atoms with Gasteiger partial charge >= 0.3 is 5.97 Å². The predicted molar refractivity (Wildman–Crippen MR) is 127 cm³/mol. The Kier molecular flexibility index (Phi) is 8.63. The molecule has 0 saturated heterocycles. The molecule has 5 nitrogen and oxygen atoms in total. The van der Waals surface area contributed by atoms with Gasteiger partial charge in [0.15, 0.2) is 0 Å². The zero-order valence-corrected chi connectivity index (χ0v) is 19.8. The molecule has 0 saturated carbocycles. The molecule has 3 N–H and O–H groups in total. The van der Waals surface area contributed by atoms with Crippen LogP contribution in [0.1, 0.15) is 62.0 Å². The maximum absolute atomic E-state index is 14.4. The molecule has 1 aliphatic carbocycles. The highest BCUT2D eigenvalue weighted by molar-refractivity contribution is 5.67. The number of carboxylic acids is 1. The lowest BCUT2D eigenvalue weighted by atomic mass is 9.88. The number of aliphatic carboxylic acids is 1. The molecular formula is C27H36FNO4. The summed E-state index contributed by atoms with van der Waals surface area (Å²) in [7, 11) is 0. The van der Waals surface area contributed by atoms with Gasteiger partial charge in [0.1, 0.15) is 5.82 Å². The first-order valence-corrected chi connectivity index (χ1v) is 11.7. The summed E-state index contributed by atoms with van der Waals surface area (Å²) in [4.78, 5) is 10.9. The van der Waals surface area contributed by atoms with E-state index in [1.165, 1.54) is 17.2 Å². The van der Waals surface area contributed by atoms with E-state index >= 15 is 0 Å². The fraction of sp³-hybridized carbons (Fsp3) is 0.519. The van der Waals surface area contributed by atoms with Gasteiger partial charge in [0.2, 0.25) is 0 Å². The molecule has 33 heavy (non-hydrogen) atoms. The summed E-state index contributed by atoms with van der Waals surface area (Å²) in [6.45, 7) is 6.47. The van der Waals surface area contributed by atoms with Crippen LogP contribution in [0.15, 0.2) is 42.5 Å². The Morgan fingerprint density at radius 2 is 1.85 bits per heavy atom. The van der Waals surface area contributed by atoms with E-state index in [-0.39, 0.29) is 25.0 Å². The Morgan fingerprint density at radius 3 is 2.48 bits per heavy atom. The van der Waals surface area contributed by atoms with Crippen LogP contribution >= 0.6 is 0 Å². The number of fused-ring (bicyclic) bond motifs is 1. The van der Waals surface area contributed by atoms with Crippen molar-refractivity contribution < 1.29 is 24.1 Å². The molecule has 2 atom stereocenters. The molecule has 180 valence electrons. The third-order valence-electron chi connectivity index (χ3n) is 6.45. The minimum Gasteiger partial charge on any atom is -0.481 e. The maximum atomic E-state index is 14.4. The molecule has 0 radical (unpaired) electrons. The van der Waals surface area contributed by atoms with Gasteiger partial charge in [0.05, 0.1) is 18.8 Å². The molecule has 0 fully saturated rings. The molecule has 0 amide bonds. The molecular weight excluding hydrogens is 421 g/mol. The fourth-order valence-electron chi connectivity index (χ4n) is 4.88. The third kappa shape index (κ3) is 7.36. The average molecular weight is 458 g/mol. The number of hydrogen-bond acceptors (Lipinski definition) is 4. The Bertz CT molecular complexity index is 920. The van der Waals surface area contributed by atoms with Gasteiger partial charge in [-0.2, -0.15) is 0 Å². The average Bonchev–Trinajstić information content (AvgIpc) is 3.16. The molecule has 0 heterocycles. The third-order valence-corrected chi connectivity index (χ3v) is 6.45. The van der Waals surface area contributed by atoms with Crippen molar-refractivity contribution in [3.8, 4) is 0 Å². The zero-order chi connectivity index (χ0) is 24.0. The SMILES string of the molecule is C[C@H](OC[C@H](O)CNC(C)(C)CC1Cc2ccccc2C1)c1c(F)cccc1CCC(=O)O. The number of aliphatic hydroxyl groups excluding tert-OH is 1. The fourth-order valence-corrected chi connectivity index (χ4v) is 4.88. The lowest BCUT2D eigenvalue weighted by molar-refractivity contribution is -0.136. The minimum absolute atomic E-state index is 0.0613. The van der Waals surface area contributed by atoms with Crippen LogP contribution in [-0.4, -0.2) is 41.0 Å². The van der Waals surface area contributed by atoms with E-state index in [1.807, 2.05) is 0 Å². The highest BCUT2D eigenvalue weighted by Crippen LogP contribution is 2.32. The minimum atomic E-state index is -0.927. The van der Waals surface area contributed by atoms with E-state index in [0.717, 1.165) is 19.3 Å². The molecule has 2 aromatic carbocycles. The Morgan fingerprint density at radius 1 is 1.18 bits per heavy atom. The van der Waals surface area contributed by atoms with Crippen molar-refractivity contribution in [2.75, 3.05) is 13.2 Å². The van der Waals surface area contributed by atoms with Crippen LogP contribution in [0.4, 0.5) is 4.39 Å². The lowest BCUT2D eigenvalue weighted by Gasteiger charge is -2.31. The first-order valence-electron chi connectivity index (χ1n) is 11.7. The van der Waals surface area contributed by atoms with Crippen LogP contribution in [0.3, 0.4) is 0 Å². The Labute approximate surface area is 196 Å². The van der Waals surface area contributed by atoms with E-state index in [9.17, 15) is 14.3 Å². The number of benzene rings is 2. The van der Waals surface area contributed by atoms with Crippen molar-refractivity contribution in [2.45, 2.75) is 70.6 Å². The first-order chi connectivity index (χ1) is 15.6. The number of carboxylic acid groups (broad SMARTS) is 1. The first kappa shape index (κ1) is 25.3. The maximum Gasteiger partial charge on any atom is 0.303 e. The molecule has 0 bridgehead atoms. The van der Waals surface area contributed by atoms with Gasteiger partial charge in [-0.15, -0.1) is 0 Å². The molecule has 0 aromatic heterocycles. The van der Waals surface area contributed by atoms with E-state index in [0.29, 0.717) is 23.6 Å². The quantitative estimate of drug-likeness (QED) is 0.439. The molecule has 6 heteroatoms. The second-order valence-electron chi connectivity index (χ2n) is 9.85. The van der Waals surface area contributed by atoms with Crippen molar-refractivity contribution in [3.05, 3.63) is 70.5 Å². The van der Waals surface area contributed by atoms with Gasteiger partial charge in [0.25, 0.3) is 0 Å². The second kappa shape index (κ2) is 11.2. The number of carbonyl (C=O) groups is 1. The Hall–Kier alpha value is -2.28. The predicted octanol–water partition coefficient (Wildman–Crippen LogP) is 4.45. The van der Waals surface area contributed by atoms with Gasteiger partial charge in [-0.1, -0.05) is 36.4 Å². The summed E-state index contributed by atoms with van der Waals surface area (Å²) in [6, 6.07) is 13.3. The zero-order valence-electron chi connectivity index (χ0n) is 19.8. The summed E-state index contributed by atoms with van der Waals surface area (Å²) < 4.78 is 20.2. The summed E-state index contributed by atoms with van der Waals surface area (Å²) >= 11 is 0. The second-order valence-corrected chi connectivity index (χ2v) is 9.85. The highest BCUT2D eigenvalue weighted by Gasteiger charge is 2.28. The van der Waals surface area contributed by atoms with Gasteiger partial charge in [-0.25, -0.2) is 4.39 Å². The summed E-state index contributed by atoms with van der Waals surface area (Å²) in [5.74, 6) is -0.760. The van der Waals surface area contributed by atoms with Crippen molar-refractivity contribution in [1.82, 2.24) is 5.32 Å². The van der Waals surface area contributed by atoms with Gasteiger partial charge < -0.3 is 20.3 Å². The Balaban J connectivity index is 1.46. The molecule has 2 aromatic rings. The van der Waals surface area contributed by atoms with Crippen molar-refractivity contribution in [1.29, 1.82) is 0 Å². The normalized spacial score (nSPS) is 15.9. The molecule has 0 spiro atoms. The summed E-state index contributed by atoms with van der Waals surface area (Å²) in [6.07, 6.45) is 2.04. The van der Waals surface area contributed by atoms with Gasteiger partial charge in [-0.05, 0) is 75.1 Å². The smallest absolute Gasteiger partial charge is 0.303 e. The molecule has 1 aliphatic rings. The number of β-amino-alcohol motifs (C(OH)–C–C–N with tert-alkyl or cyclic N) is 1. The summed E-state index contributed by atoms with van der Waals surface area (Å²) in [5, 5.41) is 22.9. The molecule has 0 unspecified atom stereocenters. The topological polar surface area (TPSA) is 78.8 Å². The van der Waals surface area contributed by atoms with E-state index < -0.39 is 24.0 Å². The monoisotopic (exact) mass is 457 g/mol. The number of rotatable bonds is 12. The number of hydrogen-bond donors (Lipinski definition) is 3. The molecule has 0 aliphatic heterocycles. The largest absolute Gasteiger partial charge is 0.481 e. The van der Waals surface area contributed by atoms with Gasteiger partial charge in [-0.3, -0.25) is 4.79 Å². The number of aliphatic hydroxyl groups is 1. The highest BCUT2D eigenvalue weighted by atomic mass is 19.1. The number of aryl methyl sites for hydroxylation is 1. The van der Waals surface area contributed by atoms with Crippen LogP contribution in [0.5, 0.6) is 0 Å². The van der Waals surface area contributed by atoms with Crippen LogP contribution in [0.2, 0.25) is 0 Å². The standard InChI is InChI=1S/C27H36FNO4/c1-18(26-20(11-12-25(31)32)9-6-10-24(26)28)33-17-23(30)16-29-27(2,3)15-19-13-21-7-4-5-8-22(21)14-19/h4-10,18-19,23,29-30H,11-17H2,1-3H3,(H,31,32)/t18-,23+/m0/s1. The van der Waals surface area contributed by atoms with Crippen molar-refractivity contribution in [2.24, 2.45) is 5.92 Å². The van der Waals surface area contributed by atoms with Crippen LogP contribution in [-0.2, 0) is 28.8 Å². The number of halogens is 1. The summed E-state index contributed by atoms with van der Waals surface area (Å²) in [5.41, 5.74) is 3.74. The van der Waals surface area contributed by atoms with Crippen LogP contribution in [0, 0.1) is 11.7 Å². The number of nitrogens with one attached hydrogen (secondary N) is 1. The molecule has 3 rings (SSSR count). The van der Waals surface area contributed by atoms with E-state index in [2.05, 4.69) is 43.4 Å². The van der Waals surface area contributed by atoms with E-state index in [4.69, 9.17) is 9.84 Å². The van der Waals surface area contributed by atoms with Crippen LogP contribution in [0.25, 0.3) is 0 Å². The van der Waals surface area contributed by atoms with Crippen molar-refractivity contribution >= 4 is 5.97 Å². The van der Waals surface area contributed by atoms with E-state index in [1.54, 1.807) is 19.1 Å². The lowest BCUT2D eigenvalue weighted by Crippen LogP contribution is -2.45. The number of ether oxygens (including phenoxy) is 1.